The SMILES string of the molecule is O=C(CN1CC(C(=O)O)C1)Nc1cccc2nsnc12. The number of fused-ring (bicyclic) bond motifs is 1. The van der Waals surface area contributed by atoms with Gasteiger partial charge < -0.3 is 10.4 Å². The summed E-state index contributed by atoms with van der Waals surface area (Å²) in [5.41, 5.74) is 2.07. The summed E-state index contributed by atoms with van der Waals surface area (Å²) >= 11 is 1.10. The van der Waals surface area contributed by atoms with Crippen LogP contribution < -0.4 is 5.32 Å². The lowest BCUT2D eigenvalue weighted by molar-refractivity contribution is -0.148. The number of carboxylic acids is 1. The Bertz CT molecular complexity index is 666. The van der Waals surface area contributed by atoms with Crippen LogP contribution in [0.1, 0.15) is 0 Å². The lowest BCUT2D eigenvalue weighted by Crippen LogP contribution is -2.52. The summed E-state index contributed by atoms with van der Waals surface area (Å²) in [6, 6.07) is 5.42. The standard InChI is InChI=1S/C12H12N4O3S/c17-10(6-16-4-7(5-16)12(18)19)13-8-2-1-3-9-11(8)15-20-14-9/h1-3,7H,4-6H2,(H,13,17)(H,18,19). The number of benzene rings is 1. The molecule has 1 aliphatic rings. The first-order chi connectivity index (χ1) is 9.63. The monoisotopic (exact) mass is 292 g/mol. The van der Waals surface area contributed by atoms with E-state index in [1.807, 2.05) is 12.1 Å². The molecule has 0 unspecified atom stereocenters. The third-order valence-corrected chi connectivity index (χ3v) is 3.78. The Morgan fingerprint density at radius 2 is 2.20 bits per heavy atom. The first kappa shape index (κ1) is 12.9. The third-order valence-electron chi connectivity index (χ3n) is 3.23. The van der Waals surface area contributed by atoms with E-state index in [0.29, 0.717) is 24.3 Å². The molecule has 1 fully saturated rings. The highest BCUT2D eigenvalue weighted by atomic mass is 32.1. The molecule has 0 bridgehead atoms. The van der Waals surface area contributed by atoms with Crippen molar-refractivity contribution in [1.29, 1.82) is 0 Å². The highest BCUT2D eigenvalue weighted by Gasteiger charge is 2.33. The Balaban J connectivity index is 1.60. The molecule has 1 aliphatic heterocycles. The average molecular weight is 292 g/mol. The molecule has 0 spiro atoms. The van der Waals surface area contributed by atoms with E-state index in [1.54, 1.807) is 11.0 Å². The van der Waals surface area contributed by atoms with Gasteiger partial charge in [-0.1, -0.05) is 6.07 Å². The molecule has 0 saturated carbocycles. The van der Waals surface area contributed by atoms with Crippen molar-refractivity contribution in [2.24, 2.45) is 5.92 Å². The topological polar surface area (TPSA) is 95.4 Å². The van der Waals surface area contributed by atoms with Crippen LogP contribution in [0.4, 0.5) is 5.69 Å². The van der Waals surface area contributed by atoms with E-state index < -0.39 is 5.97 Å². The van der Waals surface area contributed by atoms with Crippen molar-refractivity contribution in [3.63, 3.8) is 0 Å². The van der Waals surface area contributed by atoms with Gasteiger partial charge in [0, 0.05) is 13.1 Å². The minimum atomic E-state index is -0.806. The molecule has 2 aromatic rings. The molecule has 104 valence electrons. The van der Waals surface area contributed by atoms with Crippen LogP contribution >= 0.6 is 11.7 Å². The predicted molar refractivity (Wildman–Crippen MR) is 73.6 cm³/mol. The Kier molecular flexibility index (Phi) is 3.33. The second-order valence-electron chi connectivity index (χ2n) is 4.71. The van der Waals surface area contributed by atoms with Gasteiger partial charge in [-0.05, 0) is 12.1 Å². The first-order valence-corrected chi connectivity index (χ1v) is 6.83. The maximum Gasteiger partial charge on any atom is 0.309 e. The van der Waals surface area contributed by atoms with Crippen LogP contribution in [-0.4, -0.2) is 50.3 Å². The quantitative estimate of drug-likeness (QED) is 0.859. The largest absolute Gasteiger partial charge is 0.481 e. The normalized spacial score (nSPS) is 16.0. The van der Waals surface area contributed by atoms with Crippen molar-refractivity contribution in [1.82, 2.24) is 13.6 Å². The number of likely N-dealkylation sites (tertiary alicyclic amines) is 1. The Hall–Kier alpha value is -2.06. The molecule has 8 heteroatoms. The van der Waals surface area contributed by atoms with Crippen LogP contribution in [0.15, 0.2) is 18.2 Å². The molecule has 1 aromatic carbocycles. The van der Waals surface area contributed by atoms with Crippen LogP contribution in [0.5, 0.6) is 0 Å². The molecule has 0 aliphatic carbocycles. The maximum atomic E-state index is 11.9. The zero-order valence-corrected chi connectivity index (χ0v) is 11.3. The highest BCUT2D eigenvalue weighted by Crippen LogP contribution is 2.21. The molecule has 1 saturated heterocycles. The summed E-state index contributed by atoms with van der Waals surface area (Å²) in [4.78, 5) is 24.4. The van der Waals surface area contributed by atoms with Crippen LogP contribution in [-0.2, 0) is 9.59 Å². The first-order valence-electron chi connectivity index (χ1n) is 6.10. The van der Waals surface area contributed by atoms with Crippen LogP contribution in [0.25, 0.3) is 11.0 Å². The van der Waals surface area contributed by atoms with E-state index in [0.717, 1.165) is 17.2 Å². The van der Waals surface area contributed by atoms with Gasteiger partial charge in [-0.2, -0.15) is 8.75 Å². The fraction of sp³-hybridized carbons (Fsp3) is 0.333. The molecule has 1 amide bonds. The summed E-state index contributed by atoms with van der Waals surface area (Å²) in [6.07, 6.45) is 0. The van der Waals surface area contributed by atoms with Gasteiger partial charge in [-0.3, -0.25) is 14.5 Å². The number of anilines is 1. The molecule has 3 rings (SSSR count). The van der Waals surface area contributed by atoms with Crippen LogP contribution in [0.2, 0.25) is 0 Å². The second kappa shape index (κ2) is 5.14. The molecule has 0 radical (unpaired) electrons. The van der Waals surface area contributed by atoms with E-state index in [1.165, 1.54) is 0 Å². The van der Waals surface area contributed by atoms with Crippen molar-refractivity contribution < 1.29 is 14.7 Å². The van der Waals surface area contributed by atoms with E-state index in [4.69, 9.17) is 5.11 Å². The number of amides is 1. The fourth-order valence-corrected chi connectivity index (χ4v) is 2.70. The van der Waals surface area contributed by atoms with Gasteiger partial charge in [0.05, 0.1) is 29.9 Å². The molecule has 20 heavy (non-hydrogen) atoms. The summed E-state index contributed by atoms with van der Waals surface area (Å²) < 4.78 is 8.25. The minimum Gasteiger partial charge on any atom is -0.481 e. The molecular formula is C12H12N4O3S. The van der Waals surface area contributed by atoms with Crippen LogP contribution in [0.3, 0.4) is 0 Å². The number of nitrogens with zero attached hydrogens (tertiary/aromatic N) is 3. The lowest BCUT2D eigenvalue weighted by atomic mass is 10.0. The van der Waals surface area contributed by atoms with Crippen LogP contribution in [0, 0.1) is 5.92 Å². The number of hydrogen-bond donors (Lipinski definition) is 2. The number of hydrogen-bond acceptors (Lipinski definition) is 6. The van der Waals surface area contributed by atoms with Gasteiger partial charge in [0.15, 0.2) is 0 Å². The molecule has 1 aromatic heterocycles. The fourth-order valence-electron chi connectivity index (χ4n) is 2.15. The summed E-state index contributed by atoms with van der Waals surface area (Å²) in [6.45, 7) is 1.04. The molecule has 2 N–H and O–H groups in total. The number of carboxylic acid groups (broad SMARTS) is 1. The summed E-state index contributed by atoms with van der Waals surface area (Å²) in [7, 11) is 0. The van der Waals surface area contributed by atoms with Gasteiger partial charge in [-0.15, -0.1) is 0 Å². The summed E-state index contributed by atoms with van der Waals surface area (Å²) in [5.74, 6) is -1.33. The van der Waals surface area contributed by atoms with Crippen molar-refractivity contribution in [2.45, 2.75) is 0 Å². The number of carbonyl (C=O) groups is 2. The van der Waals surface area contributed by atoms with Gasteiger partial charge >= 0.3 is 5.97 Å². The predicted octanol–water partition coefficient (Wildman–Crippen LogP) is 0.646. The Labute approximate surface area is 118 Å². The molecular weight excluding hydrogens is 280 g/mol. The van der Waals surface area contributed by atoms with Gasteiger partial charge in [0.25, 0.3) is 0 Å². The number of aliphatic carboxylic acids is 1. The Morgan fingerprint density at radius 3 is 2.95 bits per heavy atom. The van der Waals surface area contributed by atoms with Gasteiger partial charge in [0.1, 0.15) is 11.0 Å². The average Bonchev–Trinajstić information content (AvgIpc) is 2.82. The zero-order valence-electron chi connectivity index (χ0n) is 10.4. The second-order valence-corrected chi connectivity index (χ2v) is 5.24. The van der Waals surface area contributed by atoms with Gasteiger partial charge in [0.2, 0.25) is 5.91 Å². The molecule has 2 heterocycles. The van der Waals surface area contributed by atoms with E-state index in [-0.39, 0.29) is 18.4 Å². The number of nitrogens with one attached hydrogen (secondary N) is 1. The summed E-state index contributed by atoms with van der Waals surface area (Å²) in [5, 5.41) is 11.6. The van der Waals surface area contributed by atoms with Crippen molar-refractivity contribution in [3.05, 3.63) is 18.2 Å². The van der Waals surface area contributed by atoms with Crippen molar-refractivity contribution >= 4 is 40.3 Å². The lowest BCUT2D eigenvalue weighted by Gasteiger charge is -2.35. The highest BCUT2D eigenvalue weighted by molar-refractivity contribution is 7.00. The molecule has 0 atom stereocenters. The third kappa shape index (κ3) is 2.47. The smallest absolute Gasteiger partial charge is 0.309 e. The van der Waals surface area contributed by atoms with Crippen molar-refractivity contribution in [3.8, 4) is 0 Å². The minimum absolute atomic E-state index is 0.172. The van der Waals surface area contributed by atoms with E-state index >= 15 is 0 Å². The van der Waals surface area contributed by atoms with E-state index in [9.17, 15) is 9.59 Å². The number of carbonyl (C=O) groups excluding carboxylic acids is 1. The zero-order chi connectivity index (χ0) is 14.1. The number of rotatable bonds is 4. The number of aromatic nitrogens is 2. The maximum absolute atomic E-state index is 11.9. The van der Waals surface area contributed by atoms with E-state index in [2.05, 4.69) is 14.1 Å². The molecule has 7 nitrogen and oxygen atoms in total. The Morgan fingerprint density at radius 1 is 1.40 bits per heavy atom. The van der Waals surface area contributed by atoms with Gasteiger partial charge in [-0.25, -0.2) is 0 Å². The van der Waals surface area contributed by atoms with Crippen molar-refractivity contribution in [2.75, 3.05) is 25.0 Å².